The second kappa shape index (κ2) is 5.37. The van der Waals surface area contributed by atoms with E-state index < -0.39 is 0 Å². The van der Waals surface area contributed by atoms with Gasteiger partial charge in [0.1, 0.15) is 0 Å². The maximum absolute atomic E-state index is 4.64. The van der Waals surface area contributed by atoms with Gasteiger partial charge in [0.25, 0.3) is 0 Å². The topological polar surface area (TPSA) is 28.2 Å². The number of nitrogens with one attached hydrogen (secondary N) is 1. The number of hydrogen-bond donors (Lipinski definition) is 1. The zero-order chi connectivity index (χ0) is 15.0. The summed E-state index contributed by atoms with van der Waals surface area (Å²) in [6.45, 7) is 4.23. The van der Waals surface area contributed by atoms with Crippen LogP contribution in [-0.4, -0.2) is 19.1 Å². The number of rotatable bonds is 3. The third-order valence-electron chi connectivity index (χ3n) is 3.49. The average Bonchev–Trinajstić information content (AvgIpc) is 2.82. The van der Waals surface area contributed by atoms with Gasteiger partial charge in [-0.15, -0.1) is 0 Å². The van der Waals surface area contributed by atoms with Crippen molar-refractivity contribution >= 4 is 38.1 Å². The third kappa shape index (κ3) is 2.85. The molecule has 108 valence electrons. The molecule has 3 nitrogen and oxygen atoms in total. The van der Waals surface area contributed by atoms with Crippen LogP contribution in [0.15, 0.2) is 36.4 Å². The number of hydrogen-bond acceptors (Lipinski definition) is 4. The molecule has 0 atom stereocenters. The minimum Gasteiger partial charge on any atom is -0.377 e. The zero-order valence-electron chi connectivity index (χ0n) is 12.8. The van der Waals surface area contributed by atoms with E-state index in [0.29, 0.717) is 0 Å². The maximum Gasteiger partial charge on any atom is 0.188 e. The number of nitrogens with zero attached hydrogens (tertiary/aromatic N) is 2. The van der Waals surface area contributed by atoms with Crippen molar-refractivity contribution < 1.29 is 0 Å². The first-order valence-corrected chi connectivity index (χ1v) is 7.77. The van der Waals surface area contributed by atoms with Crippen LogP contribution in [-0.2, 0) is 0 Å². The van der Waals surface area contributed by atoms with Crippen molar-refractivity contribution in [2.45, 2.75) is 13.8 Å². The molecule has 0 spiro atoms. The van der Waals surface area contributed by atoms with E-state index in [1.54, 1.807) is 11.3 Å². The first-order valence-electron chi connectivity index (χ1n) is 6.95. The molecule has 0 saturated carbocycles. The fourth-order valence-electron chi connectivity index (χ4n) is 2.38. The number of aryl methyl sites for hydroxylation is 2. The molecule has 0 aliphatic carbocycles. The standard InChI is InChI=1S/C17H19N3S/c1-11-5-8-14-16(9-11)21-17(19-14)18-13-7-6-12(2)15(10-13)20(3)4/h5-10H,1-4H3,(H,18,19). The Morgan fingerprint density at radius 1 is 1.05 bits per heavy atom. The summed E-state index contributed by atoms with van der Waals surface area (Å²) >= 11 is 1.69. The van der Waals surface area contributed by atoms with Crippen LogP contribution in [0.3, 0.4) is 0 Å². The van der Waals surface area contributed by atoms with Crippen molar-refractivity contribution in [3.05, 3.63) is 47.5 Å². The molecule has 0 aliphatic rings. The van der Waals surface area contributed by atoms with Crippen molar-refractivity contribution in [2.75, 3.05) is 24.3 Å². The normalized spacial score (nSPS) is 10.9. The molecule has 0 bridgehead atoms. The van der Waals surface area contributed by atoms with E-state index in [1.165, 1.54) is 21.5 Å². The van der Waals surface area contributed by atoms with Crippen molar-refractivity contribution in [1.29, 1.82) is 0 Å². The molecule has 0 aliphatic heterocycles. The minimum absolute atomic E-state index is 0.934. The van der Waals surface area contributed by atoms with Gasteiger partial charge in [0.15, 0.2) is 5.13 Å². The second-order valence-electron chi connectivity index (χ2n) is 5.51. The molecular formula is C17H19N3S. The first-order chi connectivity index (χ1) is 10.0. The molecule has 0 saturated heterocycles. The van der Waals surface area contributed by atoms with Crippen molar-refractivity contribution in [1.82, 2.24) is 4.98 Å². The Balaban J connectivity index is 1.93. The number of anilines is 3. The zero-order valence-corrected chi connectivity index (χ0v) is 13.6. The molecule has 1 aromatic heterocycles. The Kier molecular flexibility index (Phi) is 3.55. The largest absolute Gasteiger partial charge is 0.377 e. The van der Waals surface area contributed by atoms with Gasteiger partial charge >= 0.3 is 0 Å². The third-order valence-corrected chi connectivity index (χ3v) is 4.42. The molecule has 0 radical (unpaired) electrons. The molecule has 2 aromatic carbocycles. The molecule has 3 rings (SSSR count). The summed E-state index contributed by atoms with van der Waals surface area (Å²) in [5, 5.41) is 4.35. The van der Waals surface area contributed by atoms with Gasteiger partial charge in [0.05, 0.1) is 10.2 Å². The van der Waals surface area contributed by atoms with Gasteiger partial charge in [-0.3, -0.25) is 0 Å². The van der Waals surface area contributed by atoms with Gasteiger partial charge < -0.3 is 10.2 Å². The van der Waals surface area contributed by atoms with Gasteiger partial charge in [-0.25, -0.2) is 4.98 Å². The van der Waals surface area contributed by atoms with Crippen LogP contribution in [0.25, 0.3) is 10.2 Å². The van der Waals surface area contributed by atoms with Gasteiger partial charge in [-0.2, -0.15) is 0 Å². The Morgan fingerprint density at radius 2 is 1.86 bits per heavy atom. The van der Waals surface area contributed by atoms with E-state index in [4.69, 9.17) is 0 Å². The number of thiazole rings is 1. The summed E-state index contributed by atoms with van der Waals surface area (Å²) in [6, 6.07) is 12.7. The van der Waals surface area contributed by atoms with Gasteiger partial charge in [0, 0.05) is 25.5 Å². The van der Waals surface area contributed by atoms with E-state index in [2.05, 4.69) is 79.5 Å². The van der Waals surface area contributed by atoms with E-state index in [9.17, 15) is 0 Å². The molecule has 3 aromatic rings. The molecular weight excluding hydrogens is 278 g/mol. The summed E-state index contributed by atoms with van der Waals surface area (Å²) < 4.78 is 1.22. The highest BCUT2D eigenvalue weighted by molar-refractivity contribution is 7.22. The van der Waals surface area contributed by atoms with Crippen LogP contribution in [0.2, 0.25) is 0 Å². The number of benzene rings is 2. The lowest BCUT2D eigenvalue weighted by Crippen LogP contribution is -2.10. The van der Waals surface area contributed by atoms with Crippen LogP contribution in [0.1, 0.15) is 11.1 Å². The minimum atomic E-state index is 0.934. The Morgan fingerprint density at radius 3 is 2.62 bits per heavy atom. The summed E-state index contributed by atoms with van der Waals surface area (Å²) in [5.74, 6) is 0. The predicted molar refractivity (Wildman–Crippen MR) is 93.1 cm³/mol. The molecule has 21 heavy (non-hydrogen) atoms. The molecule has 4 heteroatoms. The maximum atomic E-state index is 4.64. The summed E-state index contributed by atoms with van der Waals surface area (Å²) in [7, 11) is 4.12. The lowest BCUT2D eigenvalue weighted by atomic mass is 10.1. The van der Waals surface area contributed by atoms with Crippen LogP contribution >= 0.6 is 11.3 Å². The van der Waals surface area contributed by atoms with Crippen LogP contribution in [0.4, 0.5) is 16.5 Å². The molecule has 1 N–H and O–H groups in total. The molecule has 0 fully saturated rings. The van der Waals surface area contributed by atoms with Crippen LogP contribution in [0, 0.1) is 13.8 Å². The number of aromatic nitrogens is 1. The van der Waals surface area contributed by atoms with E-state index in [-0.39, 0.29) is 0 Å². The summed E-state index contributed by atoms with van der Waals surface area (Å²) in [5.41, 5.74) is 5.87. The highest BCUT2D eigenvalue weighted by atomic mass is 32.1. The summed E-state index contributed by atoms with van der Waals surface area (Å²) in [4.78, 5) is 6.77. The highest BCUT2D eigenvalue weighted by Gasteiger charge is 2.06. The second-order valence-corrected chi connectivity index (χ2v) is 6.54. The fourth-order valence-corrected chi connectivity index (χ4v) is 3.36. The summed E-state index contributed by atoms with van der Waals surface area (Å²) in [6.07, 6.45) is 0. The van der Waals surface area contributed by atoms with Gasteiger partial charge in [-0.1, -0.05) is 23.5 Å². The van der Waals surface area contributed by atoms with Crippen molar-refractivity contribution in [3.63, 3.8) is 0 Å². The lowest BCUT2D eigenvalue weighted by molar-refractivity contribution is 1.11. The van der Waals surface area contributed by atoms with Crippen molar-refractivity contribution in [3.8, 4) is 0 Å². The quantitative estimate of drug-likeness (QED) is 0.758. The molecule has 0 amide bonds. The van der Waals surface area contributed by atoms with E-state index in [0.717, 1.165) is 16.3 Å². The molecule has 0 unspecified atom stereocenters. The lowest BCUT2D eigenvalue weighted by Gasteiger charge is -2.16. The number of fused-ring (bicyclic) bond motifs is 1. The fraction of sp³-hybridized carbons (Fsp3) is 0.235. The van der Waals surface area contributed by atoms with E-state index in [1.807, 2.05) is 0 Å². The van der Waals surface area contributed by atoms with Crippen molar-refractivity contribution in [2.24, 2.45) is 0 Å². The van der Waals surface area contributed by atoms with Crippen LogP contribution in [0.5, 0.6) is 0 Å². The van der Waals surface area contributed by atoms with Gasteiger partial charge in [-0.05, 0) is 49.2 Å². The molecule has 1 heterocycles. The Labute approximate surface area is 129 Å². The smallest absolute Gasteiger partial charge is 0.188 e. The van der Waals surface area contributed by atoms with Gasteiger partial charge in [0.2, 0.25) is 0 Å². The first kappa shape index (κ1) is 13.9. The Hall–Kier alpha value is -2.07. The Bertz CT molecular complexity index is 790. The van der Waals surface area contributed by atoms with Crippen LogP contribution < -0.4 is 10.2 Å². The average molecular weight is 297 g/mol. The predicted octanol–water partition coefficient (Wildman–Crippen LogP) is 4.72. The monoisotopic (exact) mass is 297 g/mol. The SMILES string of the molecule is Cc1ccc2nc(Nc3ccc(C)c(N(C)C)c3)sc2c1. The highest BCUT2D eigenvalue weighted by Crippen LogP contribution is 2.30. The van der Waals surface area contributed by atoms with E-state index >= 15 is 0 Å².